The van der Waals surface area contributed by atoms with Crippen molar-refractivity contribution in [2.75, 3.05) is 7.11 Å². The predicted octanol–water partition coefficient (Wildman–Crippen LogP) is 3.88. The Bertz CT molecular complexity index is 786. The SMILES string of the molecule is C=C1NC2=C(C(=O)CC(C)(C)C2)C(c2ccc(CC)cc2)C1C(=O)OC. The highest BCUT2D eigenvalue weighted by molar-refractivity contribution is 6.00. The first-order valence-corrected chi connectivity index (χ1v) is 9.16. The quantitative estimate of drug-likeness (QED) is 0.838. The Morgan fingerprint density at radius 3 is 2.50 bits per heavy atom. The third kappa shape index (κ3) is 3.20. The topological polar surface area (TPSA) is 55.4 Å². The fourth-order valence-electron chi connectivity index (χ4n) is 4.17. The maximum Gasteiger partial charge on any atom is 0.315 e. The molecule has 1 aliphatic heterocycles. The lowest BCUT2D eigenvalue weighted by molar-refractivity contribution is -0.144. The zero-order chi connectivity index (χ0) is 19.1. The van der Waals surface area contributed by atoms with Crippen molar-refractivity contribution < 1.29 is 14.3 Å². The van der Waals surface area contributed by atoms with Crippen LogP contribution in [0.15, 0.2) is 47.8 Å². The van der Waals surface area contributed by atoms with Crippen molar-refractivity contribution >= 4 is 11.8 Å². The van der Waals surface area contributed by atoms with Crippen molar-refractivity contribution in [1.82, 2.24) is 5.32 Å². The standard InChI is InChI=1S/C22H27NO3/c1-6-14-7-9-15(10-8-14)19-18(21(25)26-5)13(2)23-16-11-22(3,4)12-17(24)20(16)19/h7-10,18-19,23H,2,6,11-12H2,1,3-5H3. The average molecular weight is 353 g/mol. The van der Waals surface area contributed by atoms with E-state index >= 15 is 0 Å². The van der Waals surface area contributed by atoms with Gasteiger partial charge in [0, 0.05) is 29.3 Å². The first kappa shape index (κ1) is 18.4. The number of hydrogen-bond donors (Lipinski definition) is 1. The maximum atomic E-state index is 13.0. The molecule has 2 aliphatic rings. The Labute approximate surface area is 155 Å². The van der Waals surface area contributed by atoms with Gasteiger partial charge in [-0.3, -0.25) is 9.59 Å². The van der Waals surface area contributed by atoms with Gasteiger partial charge in [0.2, 0.25) is 0 Å². The van der Waals surface area contributed by atoms with Crippen molar-refractivity contribution in [3.63, 3.8) is 0 Å². The minimum absolute atomic E-state index is 0.0993. The number of hydrogen-bond acceptors (Lipinski definition) is 4. The number of Topliss-reactive ketones (excluding diaryl/α,β-unsaturated/α-hetero) is 1. The molecule has 1 N–H and O–H groups in total. The Kier molecular flexibility index (Phi) is 4.78. The van der Waals surface area contributed by atoms with Gasteiger partial charge in [-0.15, -0.1) is 0 Å². The summed E-state index contributed by atoms with van der Waals surface area (Å²) in [4.78, 5) is 25.6. The highest BCUT2D eigenvalue weighted by Gasteiger charge is 2.46. The summed E-state index contributed by atoms with van der Waals surface area (Å²) in [5.74, 6) is -1.21. The summed E-state index contributed by atoms with van der Waals surface area (Å²) < 4.78 is 5.04. The zero-order valence-electron chi connectivity index (χ0n) is 16.0. The van der Waals surface area contributed by atoms with E-state index in [4.69, 9.17) is 4.74 Å². The number of aryl methyl sites for hydroxylation is 1. The summed E-state index contributed by atoms with van der Waals surface area (Å²) in [6, 6.07) is 8.17. The van der Waals surface area contributed by atoms with E-state index < -0.39 is 5.92 Å². The number of ether oxygens (including phenoxy) is 1. The van der Waals surface area contributed by atoms with Crippen LogP contribution in [-0.2, 0) is 20.7 Å². The Morgan fingerprint density at radius 2 is 1.92 bits per heavy atom. The van der Waals surface area contributed by atoms with Crippen LogP contribution < -0.4 is 5.32 Å². The third-order valence-electron chi connectivity index (χ3n) is 5.45. The first-order valence-electron chi connectivity index (χ1n) is 9.16. The number of carbonyl (C=O) groups is 2. The largest absolute Gasteiger partial charge is 0.468 e. The van der Waals surface area contributed by atoms with Crippen LogP contribution in [0.25, 0.3) is 0 Å². The highest BCUT2D eigenvalue weighted by Crippen LogP contribution is 2.48. The van der Waals surface area contributed by atoms with Gasteiger partial charge in [0.1, 0.15) is 5.92 Å². The van der Waals surface area contributed by atoms with Gasteiger partial charge >= 0.3 is 5.97 Å². The smallest absolute Gasteiger partial charge is 0.315 e. The fraction of sp³-hybridized carbons (Fsp3) is 0.455. The molecule has 0 amide bonds. The molecule has 0 aromatic heterocycles. The molecule has 26 heavy (non-hydrogen) atoms. The number of benzene rings is 1. The number of nitrogens with one attached hydrogen (secondary N) is 1. The minimum Gasteiger partial charge on any atom is -0.468 e. The highest BCUT2D eigenvalue weighted by atomic mass is 16.5. The van der Waals surface area contributed by atoms with Gasteiger partial charge < -0.3 is 10.1 Å². The molecule has 1 aromatic rings. The molecule has 1 heterocycles. The molecule has 4 heteroatoms. The molecule has 138 valence electrons. The molecule has 0 saturated heterocycles. The van der Waals surface area contributed by atoms with E-state index in [1.807, 2.05) is 12.1 Å². The summed E-state index contributed by atoms with van der Waals surface area (Å²) in [5.41, 5.74) is 4.31. The molecule has 1 aliphatic carbocycles. The van der Waals surface area contributed by atoms with E-state index in [-0.39, 0.29) is 23.1 Å². The lowest BCUT2D eigenvalue weighted by atomic mass is 9.66. The first-order chi connectivity index (χ1) is 12.3. The molecule has 4 nitrogen and oxygen atoms in total. The second-order valence-electron chi connectivity index (χ2n) is 8.06. The van der Waals surface area contributed by atoms with E-state index in [9.17, 15) is 9.59 Å². The van der Waals surface area contributed by atoms with Crippen LogP contribution >= 0.6 is 0 Å². The van der Waals surface area contributed by atoms with Crippen molar-refractivity contribution in [3.05, 3.63) is 58.9 Å². The summed E-state index contributed by atoms with van der Waals surface area (Å²) in [6.07, 6.45) is 2.20. The van der Waals surface area contributed by atoms with Crippen LogP contribution in [0.5, 0.6) is 0 Å². The van der Waals surface area contributed by atoms with Crippen LogP contribution in [0, 0.1) is 11.3 Å². The summed E-state index contributed by atoms with van der Waals surface area (Å²) in [7, 11) is 1.38. The van der Waals surface area contributed by atoms with E-state index in [0.717, 1.165) is 29.7 Å². The fourth-order valence-corrected chi connectivity index (χ4v) is 4.17. The Hall–Kier alpha value is -2.36. The molecule has 0 fully saturated rings. The van der Waals surface area contributed by atoms with Gasteiger partial charge in [-0.2, -0.15) is 0 Å². The summed E-state index contributed by atoms with van der Waals surface area (Å²) >= 11 is 0. The monoisotopic (exact) mass is 353 g/mol. The second kappa shape index (κ2) is 6.75. The molecule has 0 spiro atoms. The number of esters is 1. The molecule has 0 radical (unpaired) electrons. The van der Waals surface area contributed by atoms with Crippen molar-refractivity contribution in [3.8, 4) is 0 Å². The van der Waals surface area contributed by atoms with E-state index in [2.05, 4.69) is 44.8 Å². The van der Waals surface area contributed by atoms with E-state index in [0.29, 0.717) is 12.1 Å². The number of carbonyl (C=O) groups excluding carboxylic acids is 2. The van der Waals surface area contributed by atoms with Crippen molar-refractivity contribution in [2.24, 2.45) is 11.3 Å². The van der Waals surface area contributed by atoms with Gasteiger partial charge in [-0.05, 0) is 29.4 Å². The van der Waals surface area contributed by atoms with Crippen LogP contribution in [0.2, 0.25) is 0 Å². The predicted molar refractivity (Wildman–Crippen MR) is 101 cm³/mol. The number of allylic oxidation sites excluding steroid dienone is 2. The molecule has 3 rings (SSSR count). The van der Waals surface area contributed by atoms with Crippen molar-refractivity contribution in [1.29, 1.82) is 0 Å². The molecular formula is C22H27NO3. The van der Waals surface area contributed by atoms with Gasteiger partial charge in [0.05, 0.1) is 7.11 Å². The Morgan fingerprint density at radius 1 is 1.27 bits per heavy atom. The van der Waals surface area contributed by atoms with Crippen molar-refractivity contribution in [2.45, 2.75) is 46.0 Å². The van der Waals surface area contributed by atoms with Crippen LogP contribution in [0.1, 0.15) is 50.7 Å². The summed E-state index contributed by atoms with van der Waals surface area (Å²) in [5, 5.41) is 3.26. The average Bonchev–Trinajstić information content (AvgIpc) is 2.59. The third-order valence-corrected chi connectivity index (χ3v) is 5.45. The molecule has 2 unspecified atom stereocenters. The van der Waals surface area contributed by atoms with Gasteiger partial charge in [0.15, 0.2) is 5.78 Å². The van der Waals surface area contributed by atoms with Crippen LogP contribution in [0.4, 0.5) is 0 Å². The van der Waals surface area contributed by atoms with Gasteiger partial charge in [-0.25, -0.2) is 0 Å². The van der Waals surface area contributed by atoms with Crippen LogP contribution in [0.3, 0.4) is 0 Å². The minimum atomic E-state index is -0.601. The molecule has 0 saturated carbocycles. The van der Waals surface area contributed by atoms with E-state index in [1.54, 1.807) is 0 Å². The number of rotatable bonds is 3. The van der Waals surface area contributed by atoms with E-state index in [1.165, 1.54) is 12.7 Å². The van der Waals surface area contributed by atoms with Crippen LogP contribution in [-0.4, -0.2) is 18.9 Å². The normalized spacial score (nSPS) is 24.8. The lowest BCUT2D eigenvalue weighted by Gasteiger charge is -2.42. The number of methoxy groups -OCH3 is 1. The van der Waals surface area contributed by atoms with Gasteiger partial charge in [0.25, 0.3) is 0 Å². The maximum absolute atomic E-state index is 13.0. The summed E-state index contributed by atoms with van der Waals surface area (Å²) in [6.45, 7) is 10.4. The molecule has 0 bridgehead atoms. The zero-order valence-corrected chi connectivity index (χ0v) is 16.0. The Balaban J connectivity index is 2.15. The second-order valence-corrected chi connectivity index (χ2v) is 8.06. The lowest BCUT2D eigenvalue weighted by Crippen LogP contribution is -2.43. The van der Waals surface area contributed by atoms with Gasteiger partial charge in [-0.1, -0.05) is 51.6 Å². The molecule has 1 aromatic carbocycles. The molecule has 2 atom stereocenters. The molecular weight excluding hydrogens is 326 g/mol. The number of ketones is 1.